The van der Waals surface area contributed by atoms with E-state index >= 15 is 0 Å². The highest BCUT2D eigenvalue weighted by Crippen LogP contribution is 2.33. The van der Waals surface area contributed by atoms with E-state index in [0.717, 1.165) is 65.5 Å². The Balaban J connectivity index is 1.68. The average molecular weight is 412 g/mol. The first-order valence-electron chi connectivity index (χ1n) is 10.2. The summed E-state index contributed by atoms with van der Waals surface area (Å²) in [6.07, 6.45) is 6.06. The van der Waals surface area contributed by atoms with Crippen LogP contribution in [0, 0.1) is 18.4 Å². The van der Waals surface area contributed by atoms with E-state index in [1.807, 2.05) is 49.5 Å². The third-order valence-electron chi connectivity index (χ3n) is 5.48. The summed E-state index contributed by atoms with van der Waals surface area (Å²) < 4.78 is 0. The molecule has 0 unspecified atom stereocenters. The van der Waals surface area contributed by atoms with Crippen LogP contribution in [-0.2, 0) is 11.2 Å². The number of nitriles is 1. The summed E-state index contributed by atoms with van der Waals surface area (Å²) in [5.74, 6) is -0.363. The Hall–Kier alpha value is -3.92. The van der Waals surface area contributed by atoms with Crippen molar-refractivity contribution in [3.8, 4) is 28.6 Å². The molecule has 7 heteroatoms. The molecular formula is C24H24N6O. The van der Waals surface area contributed by atoms with E-state index in [0.29, 0.717) is 0 Å². The Morgan fingerprint density at radius 3 is 2.52 bits per heavy atom. The first-order valence-corrected chi connectivity index (χ1v) is 10.2. The van der Waals surface area contributed by atoms with Crippen LogP contribution in [-0.4, -0.2) is 47.0 Å². The Bertz CT molecular complexity index is 1130. The van der Waals surface area contributed by atoms with Crippen molar-refractivity contribution < 1.29 is 4.79 Å². The molecule has 1 amide bonds. The zero-order valence-electron chi connectivity index (χ0n) is 17.5. The van der Waals surface area contributed by atoms with Crippen LogP contribution in [0.4, 0.5) is 5.69 Å². The van der Waals surface area contributed by atoms with Crippen molar-refractivity contribution in [3.05, 3.63) is 66.1 Å². The van der Waals surface area contributed by atoms with Crippen molar-refractivity contribution in [3.63, 3.8) is 0 Å². The smallest absolute Gasteiger partial charge is 0.221 e. The second kappa shape index (κ2) is 8.84. The number of benzene rings is 1. The van der Waals surface area contributed by atoms with E-state index in [9.17, 15) is 4.79 Å². The molecule has 4 rings (SSSR count). The molecule has 1 aromatic carbocycles. The second-order valence-electron chi connectivity index (χ2n) is 7.68. The molecule has 0 atom stereocenters. The van der Waals surface area contributed by atoms with E-state index < -0.39 is 0 Å². The maximum absolute atomic E-state index is 11.4. The number of hydrogen-bond donors (Lipinski definition) is 1. The molecule has 0 radical (unpaired) electrons. The summed E-state index contributed by atoms with van der Waals surface area (Å²) in [5, 5.41) is 9.04. The predicted molar refractivity (Wildman–Crippen MR) is 120 cm³/mol. The number of primary amides is 1. The molecular weight excluding hydrogens is 388 g/mol. The molecule has 3 heterocycles. The van der Waals surface area contributed by atoms with Crippen LogP contribution < -0.4 is 10.6 Å². The molecule has 31 heavy (non-hydrogen) atoms. The number of anilines is 1. The number of nitrogens with two attached hydrogens (primary N) is 1. The molecule has 7 nitrogen and oxygen atoms in total. The Morgan fingerprint density at radius 2 is 1.87 bits per heavy atom. The van der Waals surface area contributed by atoms with Crippen molar-refractivity contribution in [2.45, 2.75) is 13.3 Å². The lowest BCUT2D eigenvalue weighted by atomic mass is 9.94. The molecule has 1 saturated heterocycles. The van der Waals surface area contributed by atoms with Gasteiger partial charge in [-0.25, -0.2) is 0 Å². The molecule has 1 aliphatic rings. The lowest BCUT2D eigenvalue weighted by Crippen LogP contribution is -2.44. The van der Waals surface area contributed by atoms with Gasteiger partial charge in [0.2, 0.25) is 5.91 Å². The van der Waals surface area contributed by atoms with Gasteiger partial charge in [0.25, 0.3) is 0 Å². The number of pyridine rings is 2. The second-order valence-corrected chi connectivity index (χ2v) is 7.68. The molecule has 1 fully saturated rings. The highest BCUT2D eigenvalue weighted by molar-refractivity contribution is 5.84. The van der Waals surface area contributed by atoms with Crippen LogP contribution in [0.1, 0.15) is 11.3 Å². The quantitative estimate of drug-likeness (QED) is 0.647. The Morgan fingerprint density at radius 1 is 1.06 bits per heavy atom. The van der Waals surface area contributed by atoms with Crippen LogP contribution in [0.2, 0.25) is 0 Å². The molecule has 0 aliphatic carbocycles. The number of amides is 1. The zero-order chi connectivity index (χ0) is 21.8. The van der Waals surface area contributed by atoms with Gasteiger partial charge in [0.1, 0.15) is 0 Å². The minimum absolute atomic E-state index is 0.184. The van der Waals surface area contributed by atoms with Gasteiger partial charge in [-0.2, -0.15) is 5.26 Å². The van der Waals surface area contributed by atoms with Gasteiger partial charge in [0.05, 0.1) is 24.0 Å². The number of nitrogens with zero attached hydrogens (tertiary/aromatic N) is 5. The lowest BCUT2D eigenvalue weighted by molar-refractivity contribution is -0.117. The maximum atomic E-state index is 11.4. The molecule has 1 aliphatic heterocycles. The molecule has 2 aromatic heterocycles. The van der Waals surface area contributed by atoms with Gasteiger partial charge < -0.3 is 15.5 Å². The highest BCUT2D eigenvalue weighted by atomic mass is 16.1. The van der Waals surface area contributed by atoms with E-state index in [-0.39, 0.29) is 12.3 Å². The number of piperazine rings is 1. The van der Waals surface area contributed by atoms with E-state index in [4.69, 9.17) is 16.0 Å². The summed E-state index contributed by atoms with van der Waals surface area (Å²) in [6, 6.07) is 14.0. The van der Waals surface area contributed by atoms with E-state index in [1.54, 1.807) is 11.1 Å². The van der Waals surface area contributed by atoms with Crippen LogP contribution in [0.15, 0.2) is 54.9 Å². The molecule has 156 valence electrons. The molecule has 0 saturated carbocycles. The number of carbonyl (C=O) groups excluding carboxylic acids is 1. The SMILES string of the molecule is Cc1cc(-c2ccc(CC(N)=O)cc2-c2ccc(N3CCN(C#N)CC3)cn2)ccn1. The van der Waals surface area contributed by atoms with Gasteiger partial charge in [-0.05, 0) is 53.9 Å². The number of carbonyl (C=O) groups is 1. The van der Waals surface area contributed by atoms with Crippen LogP contribution in [0.25, 0.3) is 22.4 Å². The lowest BCUT2D eigenvalue weighted by Gasteiger charge is -2.33. The fourth-order valence-electron chi connectivity index (χ4n) is 3.88. The predicted octanol–water partition coefficient (Wildman–Crippen LogP) is 2.75. The molecule has 3 aromatic rings. The Kier molecular flexibility index (Phi) is 5.80. The van der Waals surface area contributed by atoms with E-state index in [1.165, 1.54) is 0 Å². The molecule has 2 N–H and O–H groups in total. The average Bonchev–Trinajstić information content (AvgIpc) is 2.79. The van der Waals surface area contributed by atoms with Crippen molar-refractivity contribution in [1.82, 2.24) is 14.9 Å². The minimum Gasteiger partial charge on any atom is -0.369 e. The molecule has 0 bridgehead atoms. The first kappa shape index (κ1) is 20.4. The van der Waals surface area contributed by atoms with Crippen LogP contribution >= 0.6 is 0 Å². The first-order chi connectivity index (χ1) is 15.0. The fraction of sp³-hybridized carbons (Fsp3) is 0.250. The molecule has 0 spiro atoms. The fourth-order valence-corrected chi connectivity index (χ4v) is 3.88. The monoisotopic (exact) mass is 412 g/mol. The third-order valence-corrected chi connectivity index (χ3v) is 5.48. The minimum atomic E-state index is -0.363. The number of rotatable bonds is 5. The van der Waals surface area contributed by atoms with Crippen molar-refractivity contribution in [2.75, 3.05) is 31.1 Å². The van der Waals surface area contributed by atoms with Gasteiger partial charge in [-0.1, -0.05) is 12.1 Å². The summed E-state index contributed by atoms with van der Waals surface area (Å²) in [7, 11) is 0. The van der Waals surface area contributed by atoms with Gasteiger partial charge in [-0.15, -0.1) is 0 Å². The summed E-state index contributed by atoms with van der Waals surface area (Å²) in [4.78, 5) is 24.5. The van der Waals surface area contributed by atoms with Crippen LogP contribution in [0.5, 0.6) is 0 Å². The van der Waals surface area contributed by atoms with Crippen LogP contribution in [0.3, 0.4) is 0 Å². The summed E-state index contributed by atoms with van der Waals surface area (Å²) in [5.41, 5.74) is 12.1. The van der Waals surface area contributed by atoms with Crippen molar-refractivity contribution in [1.29, 1.82) is 5.26 Å². The number of aromatic nitrogens is 2. The van der Waals surface area contributed by atoms with Crippen molar-refractivity contribution in [2.24, 2.45) is 5.73 Å². The van der Waals surface area contributed by atoms with Gasteiger partial charge in [0, 0.05) is 43.6 Å². The summed E-state index contributed by atoms with van der Waals surface area (Å²) >= 11 is 0. The largest absolute Gasteiger partial charge is 0.369 e. The van der Waals surface area contributed by atoms with Gasteiger partial charge in [0.15, 0.2) is 6.19 Å². The van der Waals surface area contributed by atoms with Crippen molar-refractivity contribution >= 4 is 11.6 Å². The standard InChI is InChI=1S/C24H24N6O/c1-17-12-19(6-7-27-17)21-4-2-18(14-24(26)31)13-22(21)23-5-3-20(15-28-23)30-10-8-29(16-25)9-11-30/h2-7,12-13,15H,8-11,14H2,1H3,(H2,26,31). The number of aryl methyl sites for hydroxylation is 1. The van der Waals surface area contributed by atoms with E-state index in [2.05, 4.69) is 22.1 Å². The highest BCUT2D eigenvalue weighted by Gasteiger charge is 2.17. The van der Waals surface area contributed by atoms with Gasteiger partial charge in [-0.3, -0.25) is 14.8 Å². The number of hydrogen-bond acceptors (Lipinski definition) is 6. The Labute approximate surface area is 181 Å². The maximum Gasteiger partial charge on any atom is 0.221 e. The zero-order valence-corrected chi connectivity index (χ0v) is 17.5. The topological polar surface area (TPSA) is 99.1 Å². The normalized spacial score (nSPS) is 13.7. The van der Waals surface area contributed by atoms with Gasteiger partial charge >= 0.3 is 0 Å². The third kappa shape index (κ3) is 4.64. The summed E-state index contributed by atoms with van der Waals surface area (Å²) in [6.45, 7) is 5.00.